The highest BCUT2D eigenvalue weighted by Crippen LogP contribution is 2.41. The van der Waals surface area contributed by atoms with Gasteiger partial charge >= 0.3 is 0 Å². The molecule has 3 heteroatoms. The maximum absolute atomic E-state index is 6.66. The van der Waals surface area contributed by atoms with Gasteiger partial charge in [-0.3, -0.25) is 0 Å². The number of rotatable bonds is 2. The van der Waals surface area contributed by atoms with Crippen molar-refractivity contribution >= 4 is 55.2 Å². The van der Waals surface area contributed by atoms with E-state index in [1.165, 1.54) is 32.6 Å². The molecular weight excluding hydrogens is 424 g/mol. The van der Waals surface area contributed by atoms with Gasteiger partial charge in [0, 0.05) is 43.2 Å². The molecule has 0 aliphatic heterocycles. The number of nitrogens with zero attached hydrogens (tertiary/aromatic N) is 1. The second-order valence-corrected chi connectivity index (χ2v) is 8.81. The minimum atomic E-state index is 0.751. The van der Waals surface area contributed by atoms with Gasteiger partial charge in [-0.25, -0.2) is 0 Å². The standard InChI is InChI=1S/C30H19ClN2/c31-25-13-5-1-9-19(25)21-11-3-7-15-27(21)33-28-16-8-4-12-22(28)24-18-17-23-20-10-2-6-14-26(20)32-29(23)30(24)33/h1-18,32H. The van der Waals surface area contributed by atoms with Crippen molar-refractivity contribution in [2.75, 3.05) is 0 Å². The van der Waals surface area contributed by atoms with E-state index in [1.54, 1.807) is 0 Å². The molecule has 0 aliphatic carbocycles. The lowest BCUT2D eigenvalue weighted by Crippen LogP contribution is -1.98. The lowest BCUT2D eigenvalue weighted by atomic mass is 10.0. The molecular formula is C30H19ClN2. The fourth-order valence-electron chi connectivity index (χ4n) is 5.20. The van der Waals surface area contributed by atoms with Gasteiger partial charge in [0.15, 0.2) is 0 Å². The molecule has 156 valence electrons. The molecule has 0 saturated heterocycles. The Hall–Kier alpha value is -4.01. The number of nitrogens with one attached hydrogen (secondary N) is 1. The van der Waals surface area contributed by atoms with Crippen LogP contribution in [0.1, 0.15) is 0 Å². The summed E-state index contributed by atoms with van der Waals surface area (Å²) in [5.41, 5.74) is 7.92. The number of para-hydroxylation sites is 3. The van der Waals surface area contributed by atoms with Crippen LogP contribution in [0.15, 0.2) is 109 Å². The van der Waals surface area contributed by atoms with E-state index in [2.05, 4.69) is 101 Å². The molecule has 7 aromatic rings. The zero-order valence-corrected chi connectivity index (χ0v) is 18.5. The zero-order valence-electron chi connectivity index (χ0n) is 17.7. The Kier molecular flexibility index (Phi) is 3.93. The minimum absolute atomic E-state index is 0.751. The molecule has 5 aromatic carbocycles. The molecule has 0 unspecified atom stereocenters. The van der Waals surface area contributed by atoms with Gasteiger partial charge in [-0.15, -0.1) is 0 Å². The van der Waals surface area contributed by atoms with E-state index < -0.39 is 0 Å². The van der Waals surface area contributed by atoms with Crippen LogP contribution in [-0.4, -0.2) is 9.55 Å². The number of hydrogen-bond donors (Lipinski definition) is 1. The number of hydrogen-bond acceptors (Lipinski definition) is 0. The molecule has 33 heavy (non-hydrogen) atoms. The Bertz CT molecular complexity index is 1840. The number of aromatic amines is 1. The third-order valence-corrected chi connectivity index (χ3v) is 6.95. The Labute approximate surface area is 195 Å². The molecule has 0 atom stereocenters. The van der Waals surface area contributed by atoms with Crippen LogP contribution < -0.4 is 0 Å². The Balaban J connectivity index is 1.70. The zero-order chi connectivity index (χ0) is 21.9. The first-order valence-corrected chi connectivity index (χ1v) is 11.5. The first-order valence-electron chi connectivity index (χ1n) is 11.1. The SMILES string of the molecule is Clc1ccccc1-c1ccccc1-n1c2ccccc2c2ccc3c4ccccc4[nH]c3c21. The van der Waals surface area contributed by atoms with Crippen molar-refractivity contribution in [2.24, 2.45) is 0 Å². The summed E-state index contributed by atoms with van der Waals surface area (Å²) >= 11 is 6.66. The number of H-pyrrole nitrogens is 1. The van der Waals surface area contributed by atoms with Crippen LogP contribution in [0.3, 0.4) is 0 Å². The Morgan fingerprint density at radius 2 is 1.21 bits per heavy atom. The van der Waals surface area contributed by atoms with Gasteiger partial charge in [0.2, 0.25) is 0 Å². The van der Waals surface area contributed by atoms with Crippen molar-refractivity contribution in [3.8, 4) is 16.8 Å². The quantitative estimate of drug-likeness (QED) is 0.276. The smallest absolute Gasteiger partial charge is 0.0783 e. The molecule has 0 radical (unpaired) electrons. The highest BCUT2D eigenvalue weighted by atomic mass is 35.5. The van der Waals surface area contributed by atoms with Gasteiger partial charge in [0.05, 0.1) is 22.2 Å². The van der Waals surface area contributed by atoms with Crippen molar-refractivity contribution < 1.29 is 0 Å². The minimum Gasteiger partial charge on any atom is -0.353 e. The summed E-state index contributed by atoms with van der Waals surface area (Å²) in [6.45, 7) is 0. The summed E-state index contributed by atoms with van der Waals surface area (Å²) in [4.78, 5) is 3.72. The van der Waals surface area contributed by atoms with Crippen LogP contribution >= 0.6 is 11.6 Å². The Morgan fingerprint density at radius 3 is 2.09 bits per heavy atom. The van der Waals surface area contributed by atoms with E-state index in [-0.39, 0.29) is 0 Å². The second-order valence-electron chi connectivity index (χ2n) is 8.40. The first-order chi connectivity index (χ1) is 16.3. The van der Waals surface area contributed by atoms with Crippen LogP contribution in [0.2, 0.25) is 5.02 Å². The molecule has 0 saturated carbocycles. The predicted molar refractivity (Wildman–Crippen MR) is 141 cm³/mol. The van der Waals surface area contributed by atoms with Crippen LogP contribution in [0, 0.1) is 0 Å². The van der Waals surface area contributed by atoms with Crippen LogP contribution in [0.25, 0.3) is 60.4 Å². The highest BCUT2D eigenvalue weighted by molar-refractivity contribution is 6.33. The highest BCUT2D eigenvalue weighted by Gasteiger charge is 2.19. The third-order valence-electron chi connectivity index (χ3n) is 6.62. The molecule has 2 aromatic heterocycles. The van der Waals surface area contributed by atoms with Gasteiger partial charge in [-0.1, -0.05) is 96.5 Å². The summed E-state index contributed by atoms with van der Waals surface area (Å²) in [7, 11) is 0. The maximum Gasteiger partial charge on any atom is 0.0783 e. The largest absolute Gasteiger partial charge is 0.353 e. The number of fused-ring (bicyclic) bond motifs is 7. The topological polar surface area (TPSA) is 20.7 Å². The lowest BCUT2D eigenvalue weighted by molar-refractivity contribution is 1.18. The number of halogens is 1. The van der Waals surface area contributed by atoms with E-state index in [0.29, 0.717) is 0 Å². The molecule has 0 aliphatic rings. The fraction of sp³-hybridized carbons (Fsp3) is 0. The van der Waals surface area contributed by atoms with Crippen molar-refractivity contribution in [1.29, 1.82) is 0 Å². The predicted octanol–water partition coefficient (Wildman–Crippen LogP) is 8.74. The summed E-state index contributed by atoms with van der Waals surface area (Å²) in [6, 6.07) is 38.2. The van der Waals surface area contributed by atoms with Gasteiger partial charge < -0.3 is 9.55 Å². The average Bonchev–Trinajstić information content (AvgIpc) is 3.40. The summed E-state index contributed by atoms with van der Waals surface area (Å²) < 4.78 is 2.39. The van der Waals surface area contributed by atoms with E-state index in [0.717, 1.165) is 32.9 Å². The summed E-state index contributed by atoms with van der Waals surface area (Å²) in [5, 5.41) is 5.70. The maximum atomic E-state index is 6.66. The van der Waals surface area contributed by atoms with Crippen molar-refractivity contribution in [2.45, 2.75) is 0 Å². The van der Waals surface area contributed by atoms with Crippen molar-refractivity contribution in [1.82, 2.24) is 9.55 Å². The van der Waals surface area contributed by atoms with Gasteiger partial charge in [0.25, 0.3) is 0 Å². The van der Waals surface area contributed by atoms with Crippen LogP contribution in [0.4, 0.5) is 0 Å². The number of benzene rings is 5. The summed E-state index contributed by atoms with van der Waals surface area (Å²) in [6.07, 6.45) is 0. The number of aromatic nitrogens is 2. The van der Waals surface area contributed by atoms with E-state index >= 15 is 0 Å². The van der Waals surface area contributed by atoms with Gasteiger partial charge in [-0.2, -0.15) is 0 Å². The monoisotopic (exact) mass is 442 g/mol. The molecule has 0 bridgehead atoms. The molecule has 2 heterocycles. The van der Waals surface area contributed by atoms with E-state index in [9.17, 15) is 0 Å². The van der Waals surface area contributed by atoms with E-state index in [1.807, 2.05) is 18.2 Å². The van der Waals surface area contributed by atoms with Crippen molar-refractivity contribution in [3.63, 3.8) is 0 Å². The van der Waals surface area contributed by atoms with Gasteiger partial charge in [-0.05, 0) is 24.3 Å². The molecule has 1 N–H and O–H groups in total. The third kappa shape index (κ3) is 2.62. The Morgan fingerprint density at radius 1 is 0.545 bits per heavy atom. The average molecular weight is 443 g/mol. The van der Waals surface area contributed by atoms with Gasteiger partial charge in [0.1, 0.15) is 0 Å². The molecule has 7 rings (SSSR count). The molecule has 0 fully saturated rings. The summed E-state index contributed by atoms with van der Waals surface area (Å²) in [5.74, 6) is 0. The molecule has 0 amide bonds. The normalized spacial score (nSPS) is 11.8. The van der Waals surface area contributed by atoms with Crippen LogP contribution in [-0.2, 0) is 0 Å². The van der Waals surface area contributed by atoms with Crippen molar-refractivity contribution in [3.05, 3.63) is 114 Å². The molecule has 0 spiro atoms. The van der Waals surface area contributed by atoms with E-state index in [4.69, 9.17) is 11.6 Å². The second kappa shape index (κ2) is 6.99. The molecule has 2 nitrogen and oxygen atoms in total. The lowest BCUT2D eigenvalue weighted by Gasteiger charge is -2.15. The van der Waals surface area contributed by atoms with Crippen LogP contribution in [0.5, 0.6) is 0 Å². The first kappa shape index (κ1) is 18.6. The fourth-order valence-corrected chi connectivity index (χ4v) is 5.43.